The largest absolute Gasteiger partial charge is 0.480 e. The Hall–Kier alpha value is -2.97. The lowest BCUT2D eigenvalue weighted by Crippen LogP contribution is -2.55. The van der Waals surface area contributed by atoms with E-state index in [-0.39, 0.29) is 6.10 Å². The van der Waals surface area contributed by atoms with Crippen molar-refractivity contribution in [1.29, 1.82) is 0 Å². The number of hydrogen-bond acceptors (Lipinski definition) is 6. The van der Waals surface area contributed by atoms with Gasteiger partial charge >= 0.3 is 5.97 Å². The van der Waals surface area contributed by atoms with Crippen LogP contribution in [0.15, 0.2) is 36.5 Å². The van der Waals surface area contributed by atoms with Crippen molar-refractivity contribution < 1.29 is 14.6 Å². The molecule has 2 aromatic heterocycles. The van der Waals surface area contributed by atoms with Crippen molar-refractivity contribution in [2.24, 2.45) is 7.05 Å². The van der Waals surface area contributed by atoms with E-state index in [0.29, 0.717) is 19.7 Å². The summed E-state index contributed by atoms with van der Waals surface area (Å²) in [6.07, 6.45) is 8.52. The summed E-state index contributed by atoms with van der Waals surface area (Å²) in [5.41, 5.74) is 3.99. The van der Waals surface area contributed by atoms with Gasteiger partial charge in [-0.05, 0) is 43.7 Å². The van der Waals surface area contributed by atoms with Gasteiger partial charge in [0, 0.05) is 56.1 Å². The molecule has 1 fully saturated rings. The van der Waals surface area contributed by atoms with Crippen molar-refractivity contribution in [2.45, 2.75) is 50.7 Å². The first-order valence-corrected chi connectivity index (χ1v) is 12.3. The molecule has 0 radical (unpaired) electrons. The van der Waals surface area contributed by atoms with Crippen LogP contribution in [-0.2, 0) is 29.4 Å². The fourth-order valence-corrected chi connectivity index (χ4v) is 5.02. The molecule has 2 aliphatic heterocycles. The quantitative estimate of drug-likeness (QED) is 0.444. The number of hydrogen-bond donors (Lipinski definition) is 2. The number of carboxylic acids is 1. The molecule has 0 aliphatic carbocycles. The van der Waals surface area contributed by atoms with E-state index in [9.17, 15) is 9.90 Å². The molecular weight excluding hydrogens is 430 g/mol. The molecule has 180 valence electrons. The van der Waals surface area contributed by atoms with Gasteiger partial charge in [-0.2, -0.15) is 5.10 Å². The molecule has 4 heterocycles. The Morgan fingerprint density at radius 2 is 2.12 bits per heavy atom. The van der Waals surface area contributed by atoms with Crippen molar-refractivity contribution in [3.63, 3.8) is 0 Å². The Labute approximate surface area is 199 Å². The molecule has 0 spiro atoms. The highest BCUT2D eigenvalue weighted by Crippen LogP contribution is 2.31. The number of likely N-dealkylation sites (tertiary alicyclic amines) is 1. The van der Waals surface area contributed by atoms with E-state index in [4.69, 9.17) is 9.72 Å². The van der Waals surface area contributed by atoms with E-state index in [2.05, 4.69) is 22.5 Å². The molecule has 1 aromatic carbocycles. The molecule has 1 unspecified atom stereocenters. The van der Waals surface area contributed by atoms with Crippen molar-refractivity contribution >= 4 is 22.7 Å². The van der Waals surface area contributed by atoms with Crippen molar-refractivity contribution in [2.75, 3.05) is 31.6 Å². The number of aromatic nitrogens is 3. The van der Waals surface area contributed by atoms with Crippen LogP contribution in [0.25, 0.3) is 10.9 Å². The number of ether oxygens (including phenoxy) is 1. The van der Waals surface area contributed by atoms with Gasteiger partial charge in [-0.25, -0.2) is 4.98 Å². The van der Waals surface area contributed by atoms with Crippen LogP contribution in [0.1, 0.15) is 48.5 Å². The van der Waals surface area contributed by atoms with Gasteiger partial charge < -0.3 is 15.2 Å². The second-order valence-corrected chi connectivity index (χ2v) is 9.43. The summed E-state index contributed by atoms with van der Waals surface area (Å²) < 4.78 is 7.74. The number of nitrogens with zero attached hydrogens (tertiary/aromatic N) is 4. The lowest BCUT2D eigenvalue weighted by atomic mass is 9.98. The first-order chi connectivity index (χ1) is 16.6. The molecule has 3 aromatic rings. The van der Waals surface area contributed by atoms with Crippen LogP contribution in [0.5, 0.6) is 0 Å². The third kappa shape index (κ3) is 4.93. The van der Waals surface area contributed by atoms with E-state index in [0.717, 1.165) is 66.6 Å². The number of nitrogens with one attached hydrogen (secondary N) is 1. The lowest BCUT2D eigenvalue weighted by Gasteiger charge is -2.42. The monoisotopic (exact) mass is 463 g/mol. The first-order valence-electron chi connectivity index (χ1n) is 12.3. The second kappa shape index (κ2) is 10.1. The normalized spacial score (nSPS) is 17.2. The fraction of sp³-hybridized carbons (Fsp3) is 0.500. The first kappa shape index (κ1) is 22.8. The summed E-state index contributed by atoms with van der Waals surface area (Å²) in [6, 6.07) is 9.42. The molecule has 5 rings (SSSR count). The lowest BCUT2D eigenvalue weighted by molar-refractivity contribution is -0.150. The zero-order valence-corrected chi connectivity index (χ0v) is 19.7. The number of rotatable bonds is 10. The fourth-order valence-electron chi connectivity index (χ4n) is 5.02. The minimum Gasteiger partial charge on any atom is -0.480 e. The third-order valence-electron chi connectivity index (χ3n) is 6.83. The number of benzene rings is 1. The Morgan fingerprint density at radius 1 is 1.24 bits per heavy atom. The zero-order valence-electron chi connectivity index (χ0n) is 19.7. The highest BCUT2D eigenvalue weighted by atomic mass is 16.5. The zero-order chi connectivity index (χ0) is 23.5. The maximum atomic E-state index is 12.1. The van der Waals surface area contributed by atoms with E-state index in [1.165, 1.54) is 12.0 Å². The van der Waals surface area contributed by atoms with Crippen molar-refractivity contribution in [1.82, 2.24) is 19.7 Å². The van der Waals surface area contributed by atoms with Crippen LogP contribution < -0.4 is 5.32 Å². The van der Waals surface area contributed by atoms with Crippen LogP contribution in [-0.4, -0.2) is 63.1 Å². The highest BCUT2D eigenvalue weighted by Gasteiger charge is 2.38. The van der Waals surface area contributed by atoms with Gasteiger partial charge in [-0.15, -0.1) is 0 Å². The molecule has 0 saturated carbocycles. The van der Waals surface area contributed by atoms with E-state index in [1.807, 2.05) is 36.3 Å². The summed E-state index contributed by atoms with van der Waals surface area (Å²) >= 11 is 0. The molecule has 0 bridgehead atoms. The smallest absolute Gasteiger partial charge is 0.325 e. The van der Waals surface area contributed by atoms with Crippen LogP contribution in [0.3, 0.4) is 0 Å². The third-order valence-corrected chi connectivity index (χ3v) is 6.83. The second-order valence-electron chi connectivity index (χ2n) is 9.43. The van der Waals surface area contributed by atoms with Crippen LogP contribution >= 0.6 is 0 Å². The Morgan fingerprint density at radius 3 is 2.97 bits per heavy atom. The number of unbranched alkanes of at least 4 members (excludes halogenated alkanes) is 2. The molecule has 8 nitrogen and oxygen atoms in total. The molecule has 1 atom stereocenters. The van der Waals surface area contributed by atoms with Crippen LogP contribution in [0, 0.1) is 0 Å². The summed E-state index contributed by atoms with van der Waals surface area (Å²) in [5.74, 6) is 0.225. The molecule has 8 heteroatoms. The maximum absolute atomic E-state index is 12.1. The number of carbonyl (C=O) groups is 1. The van der Waals surface area contributed by atoms with Gasteiger partial charge in [0.1, 0.15) is 11.9 Å². The van der Waals surface area contributed by atoms with Gasteiger partial charge in [0.25, 0.3) is 0 Å². The number of pyridine rings is 1. The predicted molar refractivity (Wildman–Crippen MR) is 131 cm³/mol. The van der Waals surface area contributed by atoms with Crippen molar-refractivity contribution in [3.05, 3.63) is 53.3 Å². The molecular formula is C26H33N5O3. The molecule has 2 aliphatic rings. The van der Waals surface area contributed by atoms with Gasteiger partial charge in [-0.1, -0.05) is 30.7 Å². The van der Waals surface area contributed by atoms with Gasteiger partial charge in [0.05, 0.1) is 11.6 Å². The van der Waals surface area contributed by atoms with E-state index < -0.39 is 12.0 Å². The number of carboxylic acid groups (broad SMARTS) is 1. The molecule has 0 amide bonds. The Balaban J connectivity index is 1.04. The molecule has 2 N–H and O–H groups in total. The molecule has 1 saturated heterocycles. The Bertz CT molecular complexity index is 1150. The summed E-state index contributed by atoms with van der Waals surface area (Å²) in [4.78, 5) is 18.8. The average Bonchev–Trinajstić information content (AvgIpc) is 3.19. The maximum Gasteiger partial charge on any atom is 0.325 e. The topological polar surface area (TPSA) is 92.5 Å². The van der Waals surface area contributed by atoms with Crippen LogP contribution in [0.2, 0.25) is 0 Å². The van der Waals surface area contributed by atoms with Gasteiger partial charge in [0.15, 0.2) is 0 Å². The summed E-state index contributed by atoms with van der Waals surface area (Å²) in [5, 5.41) is 18.8. The summed E-state index contributed by atoms with van der Waals surface area (Å²) in [6.45, 7) is 3.00. The predicted octanol–water partition coefficient (Wildman–Crippen LogP) is 3.57. The molecule has 34 heavy (non-hydrogen) atoms. The average molecular weight is 464 g/mol. The SMILES string of the molecule is Cn1cc2cccc(C(C(=O)O)N3CC(OCCCCCc4ccc5c(n4)NCCC5)C3)c2n1. The van der Waals surface area contributed by atoms with Crippen LogP contribution in [0.4, 0.5) is 5.82 Å². The highest BCUT2D eigenvalue weighted by molar-refractivity contribution is 5.87. The number of aryl methyl sites for hydroxylation is 3. The number of anilines is 1. The van der Waals surface area contributed by atoms with Gasteiger partial charge in [0.2, 0.25) is 0 Å². The van der Waals surface area contributed by atoms with E-state index >= 15 is 0 Å². The summed E-state index contributed by atoms with van der Waals surface area (Å²) in [7, 11) is 1.85. The van der Waals surface area contributed by atoms with Crippen molar-refractivity contribution in [3.8, 4) is 0 Å². The number of aliphatic carboxylic acids is 1. The minimum absolute atomic E-state index is 0.0955. The minimum atomic E-state index is -0.845. The standard InChI is InChI=1S/C26H33N5O3/c1-30-15-19-7-5-10-22(23(19)29-30)24(26(32)33)31-16-21(17-31)34-14-4-2-3-9-20-12-11-18-8-6-13-27-25(18)28-20/h5,7,10-12,15,21,24H,2-4,6,8-9,13-14,16-17H2,1H3,(H,27,28)(H,32,33). The van der Waals surface area contributed by atoms with Gasteiger partial charge in [-0.3, -0.25) is 14.4 Å². The number of fused-ring (bicyclic) bond motifs is 2. The Kier molecular flexibility index (Phi) is 6.78. The van der Waals surface area contributed by atoms with E-state index in [1.54, 1.807) is 4.68 Å².